The van der Waals surface area contributed by atoms with Crippen LogP contribution in [-0.2, 0) is 0 Å². The van der Waals surface area contributed by atoms with Crippen molar-refractivity contribution in [2.75, 3.05) is 0 Å². The summed E-state index contributed by atoms with van der Waals surface area (Å²) in [5, 5.41) is 21.0. The zero-order valence-electron chi connectivity index (χ0n) is 10.4. The van der Waals surface area contributed by atoms with Crippen LogP contribution in [0.4, 0.5) is 4.39 Å². The lowest BCUT2D eigenvalue weighted by Gasteiger charge is -2.04. The highest BCUT2D eigenvalue weighted by Crippen LogP contribution is 2.38. The Morgan fingerprint density at radius 2 is 1.90 bits per heavy atom. The number of fused-ring (bicyclic) bond motifs is 1. The molecule has 0 saturated carbocycles. The molecular weight excluding hydrogens is 297 g/mol. The van der Waals surface area contributed by atoms with E-state index in [-0.39, 0.29) is 5.39 Å². The summed E-state index contributed by atoms with van der Waals surface area (Å²) in [6.45, 7) is 0. The Morgan fingerprint density at radius 3 is 2.52 bits per heavy atom. The molecule has 0 atom stereocenters. The summed E-state index contributed by atoms with van der Waals surface area (Å²) < 4.78 is 13.0. The van der Waals surface area contributed by atoms with E-state index in [0.29, 0.717) is 16.0 Å². The molecule has 0 radical (unpaired) electrons. The van der Waals surface area contributed by atoms with Gasteiger partial charge in [0.15, 0.2) is 5.56 Å². The number of H-pyrrole nitrogens is 1. The fraction of sp³-hybridized carbons (Fsp3) is 0. The molecule has 5 nitrogen and oxygen atoms in total. The molecule has 1 aromatic carbocycles. The minimum Gasteiger partial charge on any atom is -0.506 e. The van der Waals surface area contributed by atoms with E-state index in [4.69, 9.17) is 5.11 Å². The van der Waals surface area contributed by atoms with E-state index in [1.54, 1.807) is 5.38 Å². The Morgan fingerprint density at radius 1 is 1.24 bits per heavy atom. The molecule has 0 aliphatic heterocycles. The molecule has 2 heterocycles. The zero-order chi connectivity index (χ0) is 15.1. The molecular formula is C14H8FNO4S. The summed E-state index contributed by atoms with van der Waals surface area (Å²) in [5.74, 6) is -2.49. The first-order valence-corrected chi connectivity index (χ1v) is 6.72. The number of carbonyl (C=O) groups is 1. The van der Waals surface area contributed by atoms with Crippen molar-refractivity contribution in [3.63, 3.8) is 0 Å². The molecule has 3 aromatic rings. The number of aromatic carboxylic acids is 1. The van der Waals surface area contributed by atoms with Crippen LogP contribution >= 0.6 is 11.3 Å². The quantitative estimate of drug-likeness (QED) is 0.679. The Balaban J connectivity index is 2.36. The summed E-state index contributed by atoms with van der Waals surface area (Å²) in [5.41, 5.74) is -0.420. The molecule has 0 fully saturated rings. The van der Waals surface area contributed by atoms with E-state index in [0.717, 1.165) is 11.3 Å². The standard InChI is InChI=1S/C14H8FNO4S/c15-7-3-1-6(2-4-7)8-5-21-13-9(8)11(17)10(14(19)20)12(18)16-13/h1-5H,(H,19,20)(H2,16,17,18). The van der Waals surface area contributed by atoms with Crippen molar-refractivity contribution in [2.45, 2.75) is 0 Å². The van der Waals surface area contributed by atoms with E-state index < -0.39 is 28.7 Å². The van der Waals surface area contributed by atoms with Gasteiger partial charge in [0.2, 0.25) is 0 Å². The number of nitrogens with one attached hydrogen (secondary N) is 1. The third kappa shape index (κ3) is 2.07. The van der Waals surface area contributed by atoms with Gasteiger partial charge >= 0.3 is 5.97 Å². The number of carboxylic acid groups (broad SMARTS) is 1. The Bertz CT molecular complexity index is 911. The summed E-state index contributed by atoms with van der Waals surface area (Å²) in [7, 11) is 0. The summed E-state index contributed by atoms with van der Waals surface area (Å²) in [6, 6.07) is 5.56. The van der Waals surface area contributed by atoms with E-state index in [1.807, 2.05) is 0 Å². The average Bonchev–Trinajstić information content (AvgIpc) is 2.83. The largest absolute Gasteiger partial charge is 0.506 e. The van der Waals surface area contributed by atoms with Gasteiger partial charge in [-0.05, 0) is 17.7 Å². The lowest BCUT2D eigenvalue weighted by atomic mass is 10.0. The van der Waals surface area contributed by atoms with Gasteiger partial charge in [-0.3, -0.25) is 4.79 Å². The zero-order valence-corrected chi connectivity index (χ0v) is 11.2. The van der Waals surface area contributed by atoms with Gasteiger partial charge in [-0.2, -0.15) is 0 Å². The van der Waals surface area contributed by atoms with Crippen molar-refractivity contribution in [2.24, 2.45) is 0 Å². The lowest BCUT2D eigenvalue weighted by molar-refractivity contribution is 0.0692. The van der Waals surface area contributed by atoms with Crippen LogP contribution in [-0.4, -0.2) is 21.2 Å². The molecule has 0 bridgehead atoms. The van der Waals surface area contributed by atoms with Gasteiger partial charge in [-0.25, -0.2) is 9.18 Å². The van der Waals surface area contributed by atoms with E-state index in [1.165, 1.54) is 24.3 Å². The van der Waals surface area contributed by atoms with Crippen LogP contribution in [0, 0.1) is 5.82 Å². The van der Waals surface area contributed by atoms with Crippen LogP contribution in [0.25, 0.3) is 21.3 Å². The van der Waals surface area contributed by atoms with Crippen molar-refractivity contribution in [3.05, 3.63) is 51.4 Å². The molecule has 21 heavy (non-hydrogen) atoms. The highest BCUT2D eigenvalue weighted by molar-refractivity contribution is 7.17. The van der Waals surface area contributed by atoms with Gasteiger partial charge in [0.1, 0.15) is 16.4 Å². The van der Waals surface area contributed by atoms with Gasteiger partial charge in [-0.1, -0.05) is 12.1 Å². The predicted molar refractivity (Wildman–Crippen MR) is 76.5 cm³/mol. The topological polar surface area (TPSA) is 90.4 Å². The first-order valence-electron chi connectivity index (χ1n) is 5.84. The van der Waals surface area contributed by atoms with E-state index in [2.05, 4.69) is 4.98 Å². The first kappa shape index (κ1) is 13.3. The second-order valence-corrected chi connectivity index (χ2v) is 5.22. The molecule has 3 rings (SSSR count). The maximum Gasteiger partial charge on any atom is 0.345 e. The summed E-state index contributed by atoms with van der Waals surface area (Å²) in [6.07, 6.45) is 0. The smallest absolute Gasteiger partial charge is 0.345 e. The minimum atomic E-state index is -1.51. The van der Waals surface area contributed by atoms with Gasteiger partial charge in [0.25, 0.3) is 5.56 Å². The number of aromatic amines is 1. The van der Waals surface area contributed by atoms with Crippen LogP contribution < -0.4 is 5.56 Å². The molecule has 106 valence electrons. The number of aromatic hydroxyl groups is 1. The highest BCUT2D eigenvalue weighted by atomic mass is 32.1. The van der Waals surface area contributed by atoms with Gasteiger partial charge in [0, 0.05) is 10.9 Å². The Kier molecular flexibility index (Phi) is 2.99. The molecule has 3 N–H and O–H groups in total. The summed E-state index contributed by atoms with van der Waals surface area (Å²) in [4.78, 5) is 25.5. The molecule has 0 aliphatic carbocycles. The SMILES string of the molecule is O=C(O)c1c(O)c2c(-c3ccc(F)cc3)csc2[nH]c1=O. The minimum absolute atomic E-state index is 0.239. The maximum atomic E-state index is 13.0. The number of hydrogen-bond acceptors (Lipinski definition) is 4. The van der Waals surface area contributed by atoms with Crippen LogP contribution in [0.1, 0.15) is 10.4 Å². The number of pyridine rings is 1. The van der Waals surface area contributed by atoms with Crippen LogP contribution in [0.3, 0.4) is 0 Å². The number of carboxylic acids is 1. The van der Waals surface area contributed by atoms with Crippen LogP contribution in [0.15, 0.2) is 34.4 Å². The molecule has 0 aliphatic rings. The van der Waals surface area contributed by atoms with E-state index in [9.17, 15) is 19.1 Å². The fourth-order valence-electron chi connectivity index (χ4n) is 2.12. The van der Waals surface area contributed by atoms with Crippen molar-refractivity contribution >= 4 is 27.5 Å². The number of halogens is 1. The number of thiophene rings is 1. The molecule has 0 spiro atoms. The second-order valence-electron chi connectivity index (χ2n) is 4.34. The van der Waals surface area contributed by atoms with Crippen molar-refractivity contribution < 1.29 is 19.4 Å². The summed E-state index contributed by atoms with van der Waals surface area (Å²) >= 11 is 1.16. The number of aromatic nitrogens is 1. The third-order valence-electron chi connectivity index (χ3n) is 3.09. The van der Waals surface area contributed by atoms with Crippen LogP contribution in [0.2, 0.25) is 0 Å². The third-order valence-corrected chi connectivity index (χ3v) is 3.98. The number of rotatable bonds is 2. The molecule has 0 unspecified atom stereocenters. The molecule has 0 saturated heterocycles. The Hall–Kier alpha value is -2.67. The van der Waals surface area contributed by atoms with E-state index >= 15 is 0 Å². The number of benzene rings is 1. The van der Waals surface area contributed by atoms with Crippen molar-refractivity contribution in [1.82, 2.24) is 4.98 Å². The van der Waals surface area contributed by atoms with Gasteiger partial charge in [-0.15, -0.1) is 11.3 Å². The van der Waals surface area contributed by atoms with Crippen LogP contribution in [0.5, 0.6) is 5.75 Å². The lowest BCUT2D eigenvalue weighted by Crippen LogP contribution is -2.17. The molecule has 0 amide bonds. The second kappa shape index (κ2) is 4.71. The fourth-order valence-corrected chi connectivity index (χ4v) is 3.09. The Labute approximate surface area is 120 Å². The van der Waals surface area contributed by atoms with Crippen molar-refractivity contribution in [1.29, 1.82) is 0 Å². The normalized spacial score (nSPS) is 10.9. The van der Waals surface area contributed by atoms with Gasteiger partial charge in [0.05, 0.1) is 5.39 Å². The number of hydrogen-bond donors (Lipinski definition) is 3. The van der Waals surface area contributed by atoms with Crippen molar-refractivity contribution in [3.8, 4) is 16.9 Å². The predicted octanol–water partition coefficient (Wildman–Crippen LogP) is 2.80. The highest BCUT2D eigenvalue weighted by Gasteiger charge is 2.21. The molecule has 2 aromatic heterocycles. The average molecular weight is 305 g/mol. The molecule has 7 heteroatoms. The van der Waals surface area contributed by atoms with Gasteiger partial charge < -0.3 is 15.2 Å². The monoisotopic (exact) mass is 305 g/mol. The maximum absolute atomic E-state index is 13.0. The first-order chi connectivity index (χ1) is 9.99.